The van der Waals surface area contributed by atoms with E-state index in [-0.39, 0.29) is 11.8 Å². The summed E-state index contributed by atoms with van der Waals surface area (Å²) < 4.78 is 2.01. The largest absolute Gasteiger partial charge is 0.352 e. The van der Waals surface area contributed by atoms with Crippen LogP contribution in [0, 0.1) is 0 Å². The summed E-state index contributed by atoms with van der Waals surface area (Å²) >= 11 is 0. The number of carbonyl (C=O) groups excluding carboxylic acids is 2. The summed E-state index contributed by atoms with van der Waals surface area (Å²) in [6, 6.07) is 15.4. The van der Waals surface area contributed by atoms with Crippen LogP contribution in [-0.2, 0) is 29.1 Å². The highest BCUT2D eigenvalue weighted by Gasteiger charge is 2.04. The van der Waals surface area contributed by atoms with Gasteiger partial charge in [0.25, 0.3) is 0 Å². The number of carbonyl (C=O) groups is 2. The third-order valence-corrected chi connectivity index (χ3v) is 4.08. The Bertz CT molecular complexity index is 885. The van der Waals surface area contributed by atoms with E-state index in [9.17, 15) is 9.59 Å². The van der Waals surface area contributed by atoms with Crippen molar-refractivity contribution in [3.05, 3.63) is 83.9 Å². The van der Waals surface area contributed by atoms with Crippen LogP contribution in [0.3, 0.4) is 0 Å². The molecule has 27 heavy (non-hydrogen) atoms. The van der Waals surface area contributed by atoms with Crippen LogP contribution in [0.5, 0.6) is 0 Å². The van der Waals surface area contributed by atoms with Crippen molar-refractivity contribution in [3.8, 4) is 0 Å². The molecule has 3 aromatic rings. The molecule has 6 nitrogen and oxygen atoms in total. The van der Waals surface area contributed by atoms with Crippen molar-refractivity contribution < 1.29 is 9.59 Å². The number of hydrogen-bond donors (Lipinski definition) is 2. The first-order valence-electron chi connectivity index (χ1n) is 8.75. The summed E-state index contributed by atoms with van der Waals surface area (Å²) in [5.41, 5.74) is 3.86. The molecule has 0 atom stereocenters. The predicted octanol–water partition coefficient (Wildman–Crippen LogP) is 2.75. The molecule has 0 radical (unpaired) electrons. The minimum atomic E-state index is -0.114. The molecule has 0 saturated heterocycles. The van der Waals surface area contributed by atoms with Gasteiger partial charge in [-0.15, -0.1) is 0 Å². The molecule has 6 heteroatoms. The Labute approximate surface area is 158 Å². The van der Waals surface area contributed by atoms with Gasteiger partial charge < -0.3 is 15.2 Å². The van der Waals surface area contributed by atoms with Gasteiger partial charge in [-0.2, -0.15) is 0 Å². The average molecular weight is 362 g/mol. The number of hydrogen-bond acceptors (Lipinski definition) is 3. The van der Waals surface area contributed by atoms with Gasteiger partial charge in [0.15, 0.2) is 0 Å². The Balaban J connectivity index is 1.46. The van der Waals surface area contributed by atoms with E-state index < -0.39 is 0 Å². The molecule has 3 rings (SSSR count). The van der Waals surface area contributed by atoms with E-state index in [0.29, 0.717) is 13.0 Å². The fourth-order valence-electron chi connectivity index (χ4n) is 2.71. The van der Waals surface area contributed by atoms with E-state index in [1.54, 1.807) is 24.7 Å². The number of anilines is 1. The van der Waals surface area contributed by atoms with Crippen molar-refractivity contribution in [2.45, 2.75) is 26.4 Å². The normalized spacial score (nSPS) is 10.4. The Morgan fingerprint density at radius 2 is 1.63 bits per heavy atom. The number of nitrogens with one attached hydrogen (secondary N) is 2. The first kappa shape index (κ1) is 18.4. The average Bonchev–Trinajstić information content (AvgIpc) is 3.15. The first-order chi connectivity index (χ1) is 13.1. The quantitative estimate of drug-likeness (QED) is 0.679. The van der Waals surface area contributed by atoms with Gasteiger partial charge in [0.1, 0.15) is 0 Å². The van der Waals surface area contributed by atoms with Gasteiger partial charge >= 0.3 is 0 Å². The van der Waals surface area contributed by atoms with Gasteiger partial charge in [-0.25, -0.2) is 4.98 Å². The highest BCUT2D eigenvalue weighted by atomic mass is 16.2. The molecule has 0 unspecified atom stereocenters. The first-order valence-corrected chi connectivity index (χ1v) is 8.75. The molecular weight excluding hydrogens is 340 g/mol. The summed E-state index contributed by atoms with van der Waals surface area (Å²) in [5, 5.41) is 5.64. The van der Waals surface area contributed by atoms with Crippen molar-refractivity contribution in [2.24, 2.45) is 0 Å². The Hall–Kier alpha value is -3.41. The highest BCUT2D eigenvalue weighted by molar-refractivity contribution is 5.88. The molecule has 2 N–H and O–H groups in total. The second-order valence-electron chi connectivity index (χ2n) is 6.38. The van der Waals surface area contributed by atoms with Gasteiger partial charge in [0.2, 0.25) is 11.8 Å². The molecule has 0 bridgehead atoms. The van der Waals surface area contributed by atoms with E-state index in [0.717, 1.165) is 23.4 Å². The fourth-order valence-corrected chi connectivity index (χ4v) is 2.71. The molecule has 0 spiro atoms. The maximum absolute atomic E-state index is 12.1. The second kappa shape index (κ2) is 8.80. The molecule has 2 amide bonds. The number of amides is 2. The lowest BCUT2D eigenvalue weighted by molar-refractivity contribution is -0.120. The lowest BCUT2D eigenvalue weighted by Gasteiger charge is -2.08. The highest BCUT2D eigenvalue weighted by Crippen LogP contribution is 2.10. The van der Waals surface area contributed by atoms with Gasteiger partial charge in [-0.3, -0.25) is 9.59 Å². The fraction of sp³-hybridized carbons (Fsp3) is 0.190. The van der Waals surface area contributed by atoms with E-state index in [1.807, 2.05) is 35.0 Å². The lowest BCUT2D eigenvalue weighted by Crippen LogP contribution is -2.24. The number of imidazole rings is 1. The summed E-state index contributed by atoms with van der Waals surface area (Å²) in [4.78, 5) is 27.2. The predicted molar refractivity (Wildman–Crippen MR) is 104 cm³/mol. The monoisotopic (exact) mass is 362 g/mol. The van der Waals surface area contributed by atoms with E-state index in [4.69, 9.17) is 0 Å². The summed E-state index contributed by atoms with van der Waals surface area (Å²) in [5.74, 6) is -0.152. The molecule has 2 aromatic carbocycles. The van der Waals surface area contributed by atoms with Crippen molar-refractivity contribution in [1.29, 1.82) is 0 Å². The van der Waals surface area contributed by atoms with E-state index >= 15 is 0 Å². The molecule has 0 fully saturated rings. The van der Waals surface area contributed by atoms with E-state index in [1.165, 1.54) is 12.5 Å². The lowest BCUT2D eigenvalue weighted by atomic mass is 10.1. The van der Waals surface area contributed by atoms with Crippen LogP contribution in [0.15, 0.2) is 67.3 Å². The molecule has 0 aliphatic heterocycles. The minimum Gasteiger partial charge on any atom is -0.352 e. The van der Waals surface area contributed by atoms with Crippen LogP contribution in [0.2, 0.25) is 0 Å². The van der Waals surface area contributed by atoms with Crippen LogP contribution in [0.25, 0.3) is 0 Å². The van der Waals surface area contributed by atoms with Crippen LogP contribution < -0.4 is 10.6 Å². The summed E-state index contributed by atoms with van der Waals surface area (Å²) in [6.07, 6.45) is 5.78. The molecule has 0 saturated carbocycles. The molecule has 0 aliphatic carbocycles. The number of benzene rings is 2. The number of nitrogens with zero attached hydrogens (tertiary/aromatic N) is 2. The topological polar surface area (TPSA) is 76.0 Å². The molecule has 1 aromatic heterocycles. The zero-order valence-corrected chi connectivity index (χ0v) is 15.2. The molecular formula is C21H22N4O2. The van der Waals surface area contributed by atoms with Gasteiger partial charge in [0, 0.05) is 38.1 Å². The van der Waals surface area contributed by atoms with Crippen LogP contribution in [-0.4, -0.2) is 21.4 Å². The van der Waals surface area contributed by atoms with Crippen molar-refractivity contribution in [2.75, 3.05) is 5.32 Å². The molecule has 1 heterocycles. The molecule has 0 aliphatic rings. The van der Waals surface area contributed by atoms with Crippen LogP contribution >= 0.6 is 0 Å². The Morgan fingerprint density at radius 1 is 0.963 bits per heavy atom. The van der Waals surface area contributed by atoms with Crippen molar-refractivity contribution in [1.82, 2.24) is 14.9 Å². The maximum Gasteiger partial charge on any atom is 0.224 e. The van der Waals surface area contributed by atoms with Gasteiger partial charge in [-0.05, 0) is 28.8 Å². The standard InChI is InChI=1S/C21H22N4O2/c1-16(26)24-20-8-6-17(7-9-20)12-21(27)23-13-18-2-4-19(5-3-18)14-25-11-10-22-15-25/h2-11,15H,12-14H2,1H3,(H,23,27)(H,24,26). The minimum absolute atomic E-state index is 0.0373. The van der Waals surface area contributed by atoms with Crippen LogP contribution in [0.4, 0.5) is 5.69 Å². The summed E-state index contributed by atoms with van der Waals surface area (Å²) in [7, 11) is 0. The third kappa shape index (κ3) is 5.81. The number of rotatable bonds is 7. The maximum atomic E-state index is 12.1. The van der Waals surface area contributed by atoms with E-state index in [2.05, 4.69) is 27.8 Å². The molecule has 138 valence electrons. The van der Waals surface area contributed by atoms with Crippen LogP contribution in [0.1, 0.15) is 23.6 Å². The van der Waals surface area contributed by atoms with Crippen molar-refractivity contribution in [3.63, 3.8) is 0 Å². The Kier molecular flexibility index (Phi) is 5.99. The zero-order chi connectivity index (χ0) is 19.1. The second-order valence-corrected chi connectivity index (χ2v) is 6.38. The SMILES string of the molecule is CC(=O)Nc1ccc(CC(=O)NCc2ccc(Cn3ccnc3)cc2)cc1. The Morgan fingerprint density at radius 3 is 2.26 bits per heavy atom. The van der Waals surface area contributed by atoms with Gasteiger partial charge in [-0.1, -0.05) is 36.4 Å². The summed E-state index contributed by atoms with van der Waals surface area (Å²) in [6.45, 7) is 2.74. The van der Waals surface area contributed by atoms with Crippen molar-refractivity contribution >= 4 is 17.5 Å². The number of aromatic nitrogens is 2. The smallest absolute Gasteiger partial charge is 0.224 e. The zero-order valence-electron chi connectivity index (χ0n) is 15.2. The third-order valence-electron chi connectivity index (χ3n) is 4.08. The van der Waals surface area contributed by atoms with Gasteiger partial charge in [0.05, 0.1) is 12.7 Å².